The molecule has 0 radical (unpaired) electrons. The highest BCUT2D eigenvalue weighted by molar-refractivity contribution is 7.88. The number of carbonyl (C=O) groups is 1. The molecule has 12 heteroatoms. The lowest BCUT2D eigenvalue weighted by atomic mass is 9.78. The largest absolute Gasteiger partial charge is 0.416 e. The maximum absolute atomic E-state index is 13.5. The Kier molecular flexibility index (Phi) is 9.22. The monoisotopic (exact) mass is 579 g/mol. The number of halogens is 5. The summed E-state index contributed by atoms with van der Waals surface area (Å²) in [6, 6.07) is 9.43. The summed E-state index contributed by atoms with van der Waals surface area (Å²) in [5.41, 5.74) is -0.608. The zero-order valence-corrected chi connectivity index (χ0v) is 23.1. The van der Waals surface area contributed by atoms with Crippen LogP contribution in [0.1, 0.15) is 37.0 Å². The van der Waals surface area contributed by atoms with E-state index in [0.29, 0.717) is 53.8 Å². The first-order valence-corrected chi connectivity index (χ1v) is 14.3. The van der Waals surface area contributed by atoms with Crippen molar-refractivity contribution in [2.24, 2.45) is 0 Å². The molecule has 2 atom stereocenters. The van der Waals surface area contributed by atoms with E-state index in [9.17, 15) is 26.4 Å². The molecule has 1 unspecified atom stereocenters. The van der Waals surface area contributed by atoms with Crippen LogP contribution in [0.2, 0.25) is 10.0 Å². The molecule has 0 saturated carbocycles. The number of carbonyl (C=O) groups excluding carboxylic acids is 1. The second kappa shape index (κ2) is 11.5. The molecule has 2 aromatic carbocycles. The zero-order chi connectivity index (χ0) is 27.6. The fraction of sp³-hybridized carbons (Fsp3) is 0.480. The second-order valence-electron chi connectivity index (χ2n) is 9.61. The van der Waals surface area contributed by atoms with Crippen molar-refractivity contribution in [2.75, 3.05) is 32.4 Å². The van der Waals surface area contributed by atoms with Crippen molar-refractivity contribution in [1.82, 2.24) is 14.5 Å². The lowest BCUT2D eigenvalue weighted by molar-refractivity contribution is -0.137. The molecule has 1 heterocycles. The van der Waals surface area contributed by atoms with Crippen LogP contribution in [0.3, 0.4) is 0 Å². The van der Waals surface area contributed by atoms with Gasteiger partial charge in [-0.3, -0.25) is 4.79 Å². The number of piperazine rings is 1. The standard InChI is InChI=1S/C25H30Cl2F3N3O3S/c1-17-16-32(12-13-33(17)37(3,35)36)11-10-24(2,20-8-9-21(26)22(27)14-20)23(34)31-15-18-4-6-19(7-5-18)25(28,29)30/h4-9,14,17H,10-13,15-16H2,1-3H3,(H,31,34)/t17-,24?/m0/s1. The Labute approximate surface area is 225 Å². The van der Waals surface area contributed by atoms with E-state index in [1.54, 1.807) is 25.1 Å². The fourth-order valence-corrected chi connectivity index (χ4v) is 5.94. The van der Waals surface area contributed by atoms with E-state index < -0.39 is 27.2 Å². The normalized spacial score (nSPS) is 19.4. The number of nitrogens with one attached hydrogen (secondary N) is 1. The van der Waals surface area contributed by atoms with Gasteiger partial charge >= 0.3 is 6.18 Å². The first-order valence-electron chi connectivity index (χ1n) is 11.7. The summed E-state index contributed by atoms with van der Waals surface area (Å²) in [5, 5.41) is 3.50. The highest BCUT2D eigenvalue weighted by Crippen LogP contribution is 2.34. The zero-order valence-electron chi connectivity index (χ0n) is 20.8. The summed E-state index contributed by atoms with van der Waals surface area (Å²) >= 11 is 12.3. The van der Waals surface area contributed by atoms with E-state index >= 15 is 0 Å². The lowest BCUT2D eigenvalue weighted by Crippen LogP contribution is -2.54. The van der Waals surface area contributed by atoms with Gasteiger partial charge in [0.25, 0.3) is 0 Å². The van der Waals surface area contributed by atoms with Crippen LogP contribution in [0.5, 0.6) is 0 Å². The van der Waals surface area contributed by atoms with Crippen molar-refractivity contribution in [2.45, 2.75) is 44.4 Å². The molecule has 1 aliphatic heterocycles. The van der Waals surface area contributed by atoms with E-state index in [2.05, 4.69) is 10.2 Å². The van der Waals surface area contributed by atoms with Crippen LogP contribution in [-0.4, -0.2) is 62.0 Å². The van der Waals surface area contributed by atoms with Crippen LogP contribution < -0.4 is 5.32 Å². The Morgan fingerprint density at radius 1 is 1.05 bits per heavy atom. The molecule has 37 heavy (non-hydrogen) atoms. The van der Waals surface area contributed by atoms with Crippen molar-refractivity contribution in [3.8, 4) is 0 Å². The summed E-state index contributed by atoms with van der Waals surface area (Å²) in [7, 11) is -3.30. The lowest BCUT2D eigenvalue weighted by Gasteiger charge is -2.40. The molecule has 2 aromatic rings. The van der Waals surface area contributed by atoms with Gasteiger partial charge in [-0.2, -0.15) is 17.5 Å². The van der Waals surface area contributed by atoms with E-state index in [-0.39, 0.29) is 18.5 Å². The van der Waals surface area contributed by atoms with Gasteiger partial charge in [0.05, 0.1) is 27.3 Å². The summed E-state index contributed by atoms with van der Waals surface area (Å²) < 4.78 is 64.0. The van der Waals surface area contributed by atoms with E-state index in [0.717, 1.165) is 12.1 Å². The first kappa shape index (κ1) is 29.7. The van der Waals surface area contributed by atoms with Crippen molar-refractivity contribution >= 4 is 39.1 Å². The summed E-state index contributed by atoms with van der Waals surface area (Å²) in [6.07, 6.45) is -2.84. The minimum absolute atomic E-state index is 0.0535. The molecule has 0 aliphatic carbocycles. The van der Waals surface area contributed by atoms with Gasteiger partial charge in [-0.05, 0) is 62.2 Å². The molecule has 1 aliphatic rings. The van der Waals surface area contributed by atoms with E-state index in [1.807, 2.05) is 6.92 Å². The molecule has 204 valence electrons. The minimum Gasteiger partial charge on any atom is -0.351 e. The Morgan fingerprint density at radius 3 is 2.22 bits per heavy atom. The average Bonchev–Trinajstić information content (AvgIpc) is 2.81. The highest BCUT2D eigenvalue weighted by Gasteiger charge is 2.37. The maximum Gasteiger partial charge on any atom is 0.416 e. The van der Waals surface area contributed by atoms with E-state index in [1.165, 1.54) is 22.7 Å². The molecular formula is C25H30Cl2F3N3O3S. The first-order chi connectivity index (χ1) is 17.1. The van der Waals surface area contributed by atoms with Crippen LogP contribution in [0.25, 0.3) is 0 Å². The van der Waals surface area contributed by atoms with Gasteiger partial charge in [0.1, 0.15) is 0 Å². The average molecular weight is 581 g/mol. The fourth-order valence-electron chi connectivity index (χ4n) is 4.51. The van der Waals surface area contributed by atoms with Gasteiger partial charge in [0, 0.05) is 32.2 Å². The van der Waals surface area contributed by atoms with Crippen LogP contribution in [0, 0.1) is 0 Å². The second-order valence-corrected chi connectivity index (χ2v) is 12.4. The predicted octanol–water partition coefficient (Wildman–Crippen LogP) is 4.94. The van der Waals surface area contributed by atoms with Crippen molar-refractivity contribution < 1.29 is 26.4 Å². The van der Waals surface area contributed by atoms with Gasteiger partial charge in [0.2, 0.25) is 15.9 Å². The predicted molar refractivity (Wildman–Crippen MR) is 139 cm³/mol. The summed E-state index contributed by atoms with van der Waals surface area (Å²) in [5.74, 6) is -0.311. The number of hydrogen-bond acceptors (Lipinski definition) is 4. The number of amides is 1. The summed E-state index contributed by atoms with van der Waals surface area (Å²) in [6.45, 7) is 5.63. The summed E-state index contributed by atoms with van der Waals surface area (Å²) in [4.78, 5) is 15.6. The Hall–Kier alpha value is -1.85. The molecule has 1 amide bonds. The van der Waals surface area contributed by atoms with Gasteiger partial charge in [-0.1, -0.05) is 41.4 Å². The third kappa shape index (κ3) is 7.38. The molecular weight excluding hydrogens is 550 g/mol. The number of alkyl halides is 3. The van der Waals surface area contributed by atoms with Gasteiger partial charge < -0.3 is 10.2 Å². The maximum atomic E-state index is 13.5. The van der Waals surface area contributed by atoms with Gasteiger partial charge in [-0.25, -0.2) is 8.42 Å². The SMILES string of the molecule is C[C@H]1CN(CCC(C)(C(=O)NCc2ccc(C(F)(F)F)cc2)c2ccc(Cl)c(Cl)c2)CCN1S(C)(=O)=O. The van der Waals surface area contributed by atoms with Crippen LogP contribution in [0.15, 0.2) is 42.5 Å². The molecule has 0 spiro atoms. The molecule has 1 N–H and O–H groups in total. The molecule has 6 nitrogen and oxygen atoms in total. The topological polar surface area (TPSA) is 69.7 Å². The van der Waals surface area contributed by atoms with Crippen molar-refractivity contribution in [3.63, 3.8) is 0 Å². The molecule has 3 rings (SSSR count). The Balaban J connectivity index is 1.75. The molecule has 1 fully saturated rings. The Morgan fingerprint density at radius 2 is 1.68 bits per heavy atom. The van der Waals surface area contributed by atoms with Crippen molar-refractivity contribution in [1.29, 1.82) is 0 Å². The van der Waals surface area contributed by atoms with Crippen LogP contribution in [-0.2, 0) is 33.0 Å². The van der Waals surface area contributed by atoms with E-state index in [4.69, 9.17) is 23.2 Å². The van der Waals surface area contributed by atoms with Crippen LogP contribution in [0.4, 0.5) is 13.2 Å². The number of hydrogen-bond donors (Lipinski definition) is 1. The smallest absolute Gasteiger partial charge is 0.351 e. The minimum atomic E-state index is -4.43. The number of benzene rings is 2. The molecule has 0 aromatic heterocycles. The van der Waals surface area contributed by atoms with Crippen LogP contribution >= 0.6 is 23.2 Å². The Bertz CT molecular complexity index is 1230. The third-order valence-corrected chi connectivity index (χ3v) is 8.93. The highest BCUT2D eigenvalue weighted by atomic mass is 35.5. The third-order valence-electron chi connectivity index (χ3n) is 6.80. The number of nitrogens with zero attached hydrogens (tertiary/aromatic N) is 2. The van der Waals surface area contributed by atoms with Gasteiger partial charge in [-0.15, -0.1) is 0 Å². The molecule has 1 saturated heterocycles. The number of rotatable bonds is 8. The number of sulfonamides is 1. The molecule has 0 bridgehead atoms. The van der Waals surface area contributed by atoms with Crippen molar-refractivity contribution in [3.05, 3.63) is 69.2 Å². The quantitative estimate of drug-likeness (QED) is 0.481. The van der Waals surface area contributed by atoms with Gasteiger partial charge in [0.15, 0.2) is 0 Å².